The number of carbonyl (C=O) groups is 11. The average Bonchev–Trinajstić information content (AvgIpc) is 3.69. The molecule has 1 aromatic carbocycles. The van der Waals surface area contributed by atoms with Crippen molar-refractivity contribution in [2.75, 3.05) is 27.2 Å². The van der Waals surface area contributed by atoms with Crippen molar-refractivity contribution in [3.05, 3.63) is 41.6 Å². The van der Waals surface area contributed by atoms with Crippen LogP contribution in [-0.2, 0) is 59.1 Å². The molecule has 0 spiro atoms. The molecule has 3 rings (SSSR count). The number of fused-ring (bicyclic) bond motifs is 1. The number of rotatable bonds is 11. The number of imide groups is 1. The van der Waals surface area contributed by atoms with Crippen LogP contribution in [0.2, 0.25) is 0 Å². The van der Waals surface area contributed by atoms with Gasteiger partial charge in [-0.3, -0.25) is 53.3 Å². The molecule has 2 aliphatic rings. The lowest BCUT2D eigenvalue weighted by atomic mass is 9.98. The van der Waals surface area contributed by atoms with Crippen LogP contribution in [-0.4, -0.2) is 172 Å². The van der Waals surface area contributed by atoms with Gasteiger partial charge in [0.25, 0.3) is 17.7 Å². The number of likely N-dealkylation sites (N-methyl/N-ethyl adjacent to an activating group) is 1. The second-order valence-corrected chi connectivity index (χ2v) is 17.6. The minimum absolute atomic E-state index is 0.00321. The van der Waals surface area contributed by atoms with Crippen molar-refractivity contribution in [1.82, 2.24) is 47.0 Å². The van der Waals surface area contributed by atoms with Crippen molar-refractivity contribution < 1.29 is 72.8 Å². The summed E-state index contributed by atoms with van der Waals surface area (Å²) in [6, 6.07) is -5.88. The fourth-order valence-electron chi connectivity index (χ4n) is 7.63. The Morgan fingerprint density at radius 3 is 2.10 bits per heavy atom. The van der Waals surface area contributed by atoms with Crippen LogP contribution < -0.4 is 48.7 Å². The number of carbonyl (C=O) groups excluding carboxylic acids is 11. The smallest absolute Gasteiger partial charge is 0.318 e. The van der Waals surface area contributed by atoms with Gasteiger partial charge in [0, 0.05) is 27.1 Å². The first kappa shape index (κ1) is 57.1. The van der Waals surface area contributed by atoms with E-state index in [9.17, 15) is 68.1 Å². The number of allylic oxidation sites excluding steroid dienone is 1. The van der Waals surface area contributed by atoms with Crippen LogP contribution in [0, 0.1) is 11.8 Å². The average molecular weight is 988 g/mol. The number of para-hydroxylation sites is 1. The molecule has 2 heterocycles. The van der Waals surface area contributed by atoms with Crippen LogP contribution in [0.15, 0.2) is 36.0 Å². The van der Waals surface area contributed by atoms with Gasteiger partial charge in [-0.25, -0.2) is 4.79 Å². The van der Waals surface area contributed by atoms with E-state index in [1.807, 2.05) is 13.8 Å². The molecule has 2 aliphatic heterocycles. The van der Waals surface area contributed by atoms with Gasteiger partial charge in [-0.1, -0.05) is 45.0 Å². The minimum Gasteiger partial charge on any atom is -0.508 e. The quantitative estimate of drug-likeness (QED) is 0.0928. The summed E-state index contributed by atoms with van der Waals surface area (Å²) in [7, 11) is 2.27. The molecule has 0 radical (unpaired) electrons. The van der Waals surface area contributed by atoms with Crippen LogP contribution in [0.4, 0.5) is 4.79 Å². The summed E-state index contributed by atoms with van der Waals surface area (Å²) in [4.78, 5) is 151. The monoisotopic (exact) mass is 987 g/mol. The topological polar surface area (TPSA) is 400 Å². The summed E-state index contributed by atoms with van der Waals surface area (Å²) in [6.45, 7) is 6.99. The van der Waals surface area contributed by atoms with E-state index in [0.29, 0.717) is 6.42 Å². The number of benzene rings is 1. The normalized spacial score (nSPS) is 26.6. The van der Waals surface area contributed by atoms with Gasteiger partial charge in [0.2, 0.25) is 41.4 Å². The number of aliphatic hydroxyl groups excluding tert-OH is 2. The molecule has 26 heteroatoms. The number of aliphatic hydroxyl groups is 2. The largest absolute Gasteiger partial charge is 0.508 e. The number of nitrogens with zero attached hydrogens (tertiary/aromatic N) is 2. The molecule has 0 saturated carbocycles. The van der Waals surface area contributed by atoms with E-state index in [0.717, 1.165) is 22.9 Å². The fraction of sp³-hybridized carbons (Fsp3) is 0.568. The molecule has 0 aromatic heterocycles. The second-order valence-electron chi connectivity index (χ2n) is 17.6. The lowest BCUT2D eigenvalue weighted by molar-refractivity contribution is -0.146. The molecular formula is C44H65N11O15. The van der Waals surface area contributed by atoms with Crippen LogP contribution >= 0.6 is 0 Å². The molecule has 26 nitrogen and oxygen atoms in total. The van der Waals surface area contributed by atoms with Crippen LogP contribution in [0.5, 0.6) is 5.75 Å². The summed E-state index contributed by atoms with van der Waals surface area (Å²) >= 11 is 0. The predicted molar refractivity (Wildman–Crippen MR) is 244 cm³/mol. The van der Waals surface area contributed by atoms with Gasteiger partial charge in [-0.05, 0) is 56.6 Å². The molecule has 2 saturated heterocycles. The Labute approximate surface area is 403 Å². The first-order valence-electron chi connectivity index (χ1n) is 22.4. The zero-order chi connectivity index (χ0) is 52.7. The maximum absolute atomic E-state index is 14.5. The van der Waals surface area contributed by atoms with Crippen molar-refractivity contribution >= 4 is 65.1 Å². The van der Waals surface area contributed by atoms with Crippen LogP contribution in [0.3, 0.4) is 0 Å². The van der Waals surface area contributed by atoms with Gasteiger partial charge in [0.15, 0.2) is 12.2 Å². The lowest BCUT2D eigenvalue weighted by Crippen LogP contribution is -2.64. The number of hydrogen-bond acceptors (Lipinski definition) is 15. The summed E-state index contributed by atoms with van der Waals surface area (Å²) in [5.41, 5.74) is 10.2. The highest BCUT2D eigenvalue weighted by molar-refractivity contribution is 6.03. The first-order chi connectivity index (χ1) is 32.8. The molecule has 1 aromatic rings. The number of methoxy groups -OCH3 is 1. The molecule has 2 fully saturated rings. The predicted octanol–water partition coefficient (Wildman–Crippen LogP) is -4.65. The van der Waals surface area contributed by atoms with Gasteiger partial charge in [0.1, 0.15) is 41.7 Å². The van der Waals surface area contributed by atoms with Gasteiger partial charge < -0.3 is 73.2 Å². The number of amides is 12. The van der Waals surface area contributed by atoms with Crippen molar-refractivity contribution in [3.63, 3.8) is 0 Å². The number of hydrogen-bond donors (Lipinski definition) is 12. The maximum Gasteiger partial charge on any atom is 0.318 e. The Morgan fingerprint density at radius 1 is 0.886 bits per heavy atom. The minimum atomic E-state index is -2.57. The summed E-state index contributed by atoms with van der Waals surface area (Å²) in [6.07, 6.45) is -5.74. The van der Waals surface area contributed by atoms with E-state index in [2.05, 4.69) is 31.9 Å². The highest BCUT2D eigenvalue weighted by atomic mass is 16.5. The highest BCUT2D eigenvalue weighted by Gasteiger charge is 2.45. The summed E-state index contributed by atoms with van der Waals surface area (Å²) < 4.78 is 5.40. The Hall–Kier alpha value is -7.19. The van der Waals surface area contributed by atoms with Crippen molar-refractivity contribution in [2.24, 2.45) is 23.3 Å². The number of urea groups is 1. The molecule has 0 bridgehead atoms. The lowest BCUT2D eigenvalue weighted by Gasteiger charge is -2.33. The number of primary amides is 2. The van der Waals surface area contributed by atoms with Crippen LogP contribution in [0.1, 0.15) is 65.9 Å². The van der Waals surface area contributed by atoms with E-state index < -0.39 is 145 Å². The summed E-state index contributed by atoms with van der Waals surface area (Å²) in [5, 5.41) is 48.8. The van der Waals surface area contributed by atoms with E-state index in [1.54, 1.807) is 12.2 Å². The third-order valence-corrected chi connectivity index (χ3v) is 11.6. The molecule has 14 N–H and O–H groups in total. The zero-order valence-corrected chi connectivity index (χ0v) is 40.0. The van der Waals surface area contributed by atoms with Gasteiger partial charge in [-0.2, -0.15) is 0 Å². The SMILES string of the molecule is C/C=C1\NC(=O)[C@H](O)[C@@H](CCC(C)C)NC(=O)[C@H](CC(N)=O)NC(=O)[C@H](Cc2ccccc2O)NC(=O)[C@@H]2C[C@H](C)CN2C(=O)[C@H]([C@@H](C)OC)NC(=O)[C@@H]([C@H](O)C(=O)NC(N)=O)NC(=O)CN(C)C1=O. The number of aromatic hydroxyl groups is 1. The van der Waals surface area contributed by atoms with E-state index in [1.165, 1.54) is 45.2 Å². The third kappa shape index (κ3) is 15.9. The Kier molecular flexibility index (Phi) is 21.2. The molecule has 70 heavy (non-hydrogen) atoms. The van der Waals surface area contributed by atoms with Gasteiger partial charge >= 0.3 is 6.03 Å². The first-order valence-corrected chi connectivity index (χ1v) is 22.4. The standard InChI is InChI=1S/C44H65N11O15/c1-8-24-42(67)54(6)19-31(58)51-33(35(60)41(66)53-44(46)69)39(64)52-32(22(5)70-7)43(68)55-18-21(4)15-28(55)38(63)50-26(16-23-11-9-10-12-29(23)56)36(61)49-27(17-30(45)57)37(62)48-25(14-13-20(2)3)34(59)40(65)47-24/h8-12,20-22,25-28,32-35,56,59-60H,13-19H2,1-7H3,(H2,45,57)(H,47,65)(H,48,62)(H,49,61)(H,50,63)(H,51,58)(H,52,64)(H3,46,53,66,69)/b24-8-/t21-,22+,25+,26-,27-,28-,32-,33+,34+,35-/m0/s1. The Morgan fingerprint density at radius 2 is 1.51 bits per heavy atom. The van der Waals surface area contributed by atoms with Gasteiger partial charge in [-0.15, -0.1) is 0 Å². The third-order valence-electron chi connectivity index (χ3n) is 11.6. The van der Waals surface area contributed by atoms with Crippen LogP contribution in [0.25, 0.3) is 0 Å². The number of nitrogens with one attached hydrogen (secondary N) is 7. The molecule has 10 atom stereocenters. The number of nitrogens with two attached hydrogens (primary N) is 2. The Bertz CT molecular complexity index is 2190. The fourth-order valence-corrected chi connectivity index (χ4v) is 7.63. The Balaban J connectivity index is 2.24. The number of phenols is 1. The highest BCUT2D eigenvalue weighted by Crippen LogP contribution is 2.26. The second kappa shape index (κ2) is 26.0. The van der Waals surface area contributed by atoms with Gasteiger partial charge in [0.05, 0.1) is 25.1 Å². The molecular weight excluding hydrogens is 923 g/mol. The zero-order valence-electron chi connectivity index (χ0n) is 40.0. The number of phenolic OH excluding ortho intramolecular Hbond substituents is 1. The number of ether oxygens (including phenoxy) is 1. The maximum atomic E-state index is 14.5. The van der Waals surface area contributed by atoms with E-state index in [4.69, 9.17) is 16.2 Å². The summed E-state index contributed by atoms with van der Waals surface area (Å²) in [5.74, 6) is -12.2. The van der Waals surface area contributed by atoms with Crippen molar-refractivity contribution in [3.8, 4) is 5.75 Å². The van der Waals surface area contributed by atoms with E-state index in [-0.39, 0.29) is 42.5 Å². The molecule has 386 valence electrons. The molecule has 0 unspecified atom stereocenters. The molecule has 12 amide bonds. The van der Waals surface area contributed by atoms with Crippen molar-refractivity contribution in [2.45, 2.75) is 121 Å². The molecule has 0 aliphatic carbocycles. The van der Waals surface area contributed by atoms with Crippen molar-refractivity contribution in [1.29, 1.82) is 0 Å². The van der Waals surface area contributed by atoms with E-state index >= 15 is 0 Å².